The third-order valence-corrected chi connectivity index (χ3v) is 9.48. The smallest absolute Gasteiger partial charge is 0.265 e. The second kappa shape index (κ2) is 13.2. The van der Waals surface area contributed by atoms with Gasteiger partial charge in [0, 0.05) is 23.6 Å². The molecule has 0 saturated carbocycles. The molecule has 238 valence electrons. The van der Waals surface area contributed by atoms with Crippen molar-refractivity contribution >= 4 is 43.0 Å². The number of hydrogen-bond donors (Lipinski definition) is 2. The fraction of sp³-hybridized carbons (Fsp3) is 0.294. The maximum atomic E-state index is 11.8. The number of hydrogen-bond acceptors (Lipinski definition) is 7. The lowest BCUT2D eigenvalue weighted by atomic mass is 10.0. The molecule has 0 atom stereocenters. The molecular formula is C34H37NO8S2. The Labute approximate surface area is 264 Å². The van der Waals surface area contributed by atoms with E-state index in [0.29, 0.717) is 54.3 Å². The molecule has 11 heteroatoms. The average molecular weight is 652 g/mol. The number of rotatable bonds is 12. The van der Waals surface area contributed by atoms with Crippen LogP contribution in [0.15, 0.2) is 82.6 Å². The number of fused-ring (bicyclic) bond motifs is 2. The Balaban J connectivity index is 1.54. The molecule has 9 nitrogen and oxygen atoms in total. The molecule has 0 radical (unpaired) electrons. The molecule has 45 heavy (non-hydrogen) atoms. The standard InChI is InChI=1S/C34H37NO8S2/c1-4-25(21-34-35(15-8-9-16-44(36,37)38)30-18-23(2)24(3)19-33(30)43-34)20-32-28(14-17-45(39,40)41)29-22-27(12-13-31(29)42-32)26-10-6-5-7-11-26/h5-7,10-13,18-22H,4,8-9,14-17H2,1-3H3,(H,36,37,38)(H,39,40,41)/b25-20-,34-21+. The lowest BCUT2D eigenvalue weighted by Crippen LogP contribution is -2.22. The van der Waals surface area contributed by atoms with Crippen LogP contribution in [0.1, 0.15) is 48.6 Å². The molecule has 3 aromatic carbocycles. The van der Waals surface area contributed by atoms with Crippen molar-refractivity contribution in [3.05, 3.63) is 101 Å². The lowest BCUT2D eigenvalue weighted by molar-refractivity contribution is 0.436. The van der Waals surface area contributed by atoms with Gasteiger partial charge in [-0.1, -0.05) is 43.3 Å². The van der Waals surface area contributed by atoms with Crippen molar-refractivity contribution in [2.24, 2.45) is 0 Å². The first-order valence-corrected chi connectivity index (χ1v) is 18.0. The lowest BCUT2D eigenvalue weighted by Gasteiger charge is -2.19. The summed E-state index contributed by atoms with van der Waals surface area (Å²) in [6, 6.07) is 19.7. The van der Waals surface area contributed by atoms with Gasteiger partial charge in [0.05, 0.1) is 17.2 Å². The first-order chi connectivity index (χ1) is 21.3. The van der Waals surface area contributed by atoms with Crippen LogP contribution in [0.3, 0.4) is 0 Å². The van der Waals surface area contributed by atoms with Crippen LogP contribution >= 0.6 is 0 Å². The quantitative estimate of drug-likeness (QED) is 0.119. The van der Waals surface area contributed by atoms with Gasteiger partial charge in [0.15, 0.2) is 5.75 Å². The van der Waals surface area contributed by atoms with Crippen LogP contribution in [0.25, 0.3) is 28.2 Å². The van der Waals surface area contributed by atoms with Crippen molar-refractivity contribution in [3.8, 4) is 16.9 Å². The molecule has 2 heterocycles. The maximum absolute atomic E-state index is 11.8. The van der Waals surface area contributed by atoms with Crippen molar-refractivity contribution < 1.29 is 35.1 Å². The number of nitrogens with zero attached hydrogens (tertiary/aromatic N) is 1. The third-order valence-electron chi connectivity index (χ3n) is 7.95. The van der Waals surface area contributed by atoms with Gasteiger partial charge in [-0.15, -0.1) is 0 Å². The minimum atomic E-state index is -4.22. The molecule has 4 aromatic rings. The number of anilines is 1. The molecule has 1 aliphatic heterocycles. The van der Waals surface area contributed by atoms with Crippen molar-refractivity contribution in [2.75, 3.05) is 23.0 Å². The Morgan fingerprint density at radius 3 is 2.27 bits per heavy atom. The van der Waals surface area contributed by atoms with Gasteiger partial charge >= 0.3 is 0 Å². The Morgan fingerprint density at radius 2 is 1.58 bits per heavy atom. The zero-order valence-corrected chi connectivity index (χ0v) is 27.1. The monoisotopic (exact) mass is 651 g/mol. The molecule has 0 unspecified atom stereocenters. The molecular weight excluding hydrogens is 615 g/mol. The summed E-state index contributed by atoms with van der Waals surface area (Å²) in [6.45, 7) is 6.49. The third kappa shape index (κ3) is 8.04. The van der Waals surface area contributed by atoms with Gasteiger partial charge in [-0.3, -0.25) is 9.11 Å². The summed E-state index contributed by atoms with van der Waals surface area (Å²) in [6.07, 6.45) is 5.23. The Kier molecular flexibility index (Phi) is 9.54. The fourth-order valence-corrected chi connectivity index (χ4v) is 6.43. The van der Waals surface area contributed by atoms with Crippen LogP contribution < -0.4 is 9.64 Å². The van der Waals surface area contributed by atoms with Crippen LogP contribution in [-0.4, -0.2) is 44.0 Å². The summed E-state index contributed by atoms with van der Waals surface area (Å²) >= 11 is 0. The van der Waals surface area contributed by atoms with Gasteiger partial charge in [-0.25, -0.2) is 0 Å². The molecule has 0 bridgehead atoms. The summed E-state index contributed by atoms with van der Waals surface area (Å²) < 4.78 is 77.3. The van der Waals surface area contributed by atoms with Gasteiger partial charge in [-0.05, 0) is 97.7 Å². The first-order valence-electron chi connectivity index (χ1n) is 14.8. The van der Waals surface area contributed by atoms with Crippen LogP contribution in [0.5, 0.6) is 5.75 Å². The van der Waals surface area contributed by atoms with Crippen molar-refractivity contribution in [3.63, 3.8) is 0 Å². The zero-order valence-electron chi connectivity index (χ0n) is 25.5. The Hall–Kier alpha value is -3.90. The molecule has 2 N–H and O–H groups in total. The number of allylic oxidation sites excluding steroid dienone is 2. The molecule has 0 saturated heterocycles. The van der Waals surface area contributed by atoms with Crippen LogP contribution in [0.4, 0.5) is 5.69 Å². The predicted molar refractivity (Wildman–Crippen MR) is 178 cm³/mol. The van der Waals surface area contributed by atoms with E-state index in [-0.39, 0.29) is 12.2 Å². The van der Waals surface area contributed by atoms with Gasteiger partial charge in [-0.2, -0.15) is 16.8 Å². The molecule has 5 rings (SSSR count). The van der Waals surface area contributed by atoms with E-state index in [1.54, 1.807) is 0 Å². The number of ether oxygens (including phenoxy) is 1. The molecule has 0 spiro atoms. The number of aryl methyl sites for hydroxylation is 3. The number of unbranched alkanes of at least 4 members (excludes halogenated alkanes) is 1. The molecule has 0 aliphatic carbocycles. The van der Waals surface area contributed by atoms with E-state index in [1.807, 2.05) is 98.5 Å². The predicted octanol–water partition coefficient (Wildman–Crippen LogP) is 7.35. The normalized spacial score (nSPS) is 14.7. The minimum Gasteiger partial charge on any atom is -0.456 e. The maximum Gasteiger partial charge on any atom is 0.265 e. The van der Waals surface area contributed by atoms with E-state index in [4.69, 9.17) is 13.7 Å². The highest BCUT2D eigenvalue weighted by atomic mass is 32.2. The van der Waals surface area contributed by atoms with E-state index in [2.05, 4.69) is 0 Å². The van der Waals surface area contributed by atoms with Crippen LogP contribution in [0, 0.1) is 13.8 Å². The SMILES string of the molecule is CCC(=C/c1oc2ccc(-c3ccccc3)cc2c1CCS(=O)(=O)O)/C=C1/Oc2cc(C)c(C)cc2N1CCCCS(=O)(=O)O. The highest BCUT2D eigenvalue weighted by Gasteiger charge is 2.27. The highest BCUT2D eigenvalue weighted by Crippen LogP contribution is 2.42. The van der Waals surface area contributed by atoms with Gasteiger partial charge in [0.1, 0.15) is 11.3 Å². The van der Waals surface area contributed by atoms with E-state index in [9.17, 15) is 21.4 Å². The zero-order chi connectivity index (χ0) is 32.4. The number of furan rings is 1. The van der Waals surface area contributed by atoms with Crippen LogP contribution in [0.2, 0.25) is 0 Å². The minimum absolute atomic E-state index is 0.0594. The largest absolute Gasteiger partial charge is 0.456 e. The molecule has 1 aliphatic rings. The fourth-order valence-electron chi connectivity index (χ4n) is 5.40. The summed E-state index contributed by atoms with van der Waals surface area (Å²) in [7, 11) is -8.27. The van der Waals surface area contributed by atoms with E-state index in [1.165, 1.54) is 0 Å². The van der Waals surface area contributed by atoms with Crippen molar-refractivity contribution in [2.45, 2.75) is 46.5 Å². The van der Waals surface area contributed by atoms with Gasteiger partial charge in [0.2, 0.25) is 5.88 Å². The van der Waals surface area contributed by atoms with E-state index >= 15 is 0 Å². The van der Waals surface area contributed by atoms with Gasteiger partial charge in [0.25, 0.3) is 20.2 Å². The molecule has 0 fully saturated rings. The molecule has 1 aromatic heterocycles. The summed E-state index contributed by atoms with van der Waals surface area (Å²) in [5, 5.41) is 0.769. The Morgan fingerprint density at radius 1 is 0.867 bits per heavy atom. The summed E-state index contributed by atoms with van der Waals surface area (Å²) in [4.78, 5) is 2.00. The van der Waals surface area contributed by atoms with Crippen molar-refractivity contribution in [1.82, 2.24) is 0 Å². The van der Waals surface area contributed by atoms with Crippen LogP contribution in [-0.2, 0) is 26.7 Å². The first kappa shape index (κ1) is 32.5. The second-order valence-electron chi connectivity index (χ2n) is 11.3. The van der Waals surface area contributed by atoms with Crippen molar-refractivity contribution in [1.29, 1.82) is 0 Å². The highest BCUT2D eigenvalue weighted by molar-refractivity contribution is 7.86. The average Bonchev–Trinajstić information content (AvgIpc) is 3.49. The molecule has 0 amide bonds. The topological polar surface area (TPSA) is 134 Å². The summed E-state index contributed by atoms with van der Waals surface area (Å²) in [5.41, 5.74) is 7.14. The Bertz CT molecular complexity index is 1990. The van der Waals surface area contributed by atoms with E-state index in [0.717, 1.165) is 38.9 Å². The van der Waals surface area contributed by atoms with Gasteiger partial charge < -0.3 is 14.1 Å². The summed E-state index contributed by atoms with van der Waals surface area (Å²) in [5.74, 6) is 0.993. The van der Waals surface area contributed by atoms with E-state index < -0.39 is 26.0 Å². The number of benzene rings is 3. The second-order valence-corrected chi connectivity index (χ2v) is 14.4.